The van der Waals surface area contributed by atoms with Gasteiger partial charge in [-0.3, -0.25) is 0 Å². The number of nitrogen functional groups attached to an aromatic ring is 1. The molecule has 0 atom stereocenters. The summed E-state index contributed by atoms with van der Waals surface area (Å²) in [5, 5.41) is 0.233. The van der Waals surface area contributed by atoms with Gasteiger partial charge < -0.3 is 15.0 Å². The number of alkyl halides is 3. The molecule has 6 heteroatoms. The number of halogens is 3. The van der Waals surface area contributed by atoms with Crippen LogP contribution in [0.4, 0.5) is 18.9 Å². The van der Waals surface area contributed by atoms with Crippen molar-refractivity contribution >= 4 is 16.6 Å². The van der Waals surface area contributed by atoms with Crippen LogP contribution in [-0.2, 0) is 25.6 Å². The highest BCUT2D eigenvalue weighted by atomic mass is 19.4. The number of anilines is 1. The third-order valence-corrected chi connectivity index (χ3v) is 5.05. The normalized spacial score (nSPS) is 13.9. The number of aryl methyl sites for hydroxylation is 2. The first-order chi connectivity index (χ1) is 12.9. The topological polar surface area (TPSA) is 40.2 Å². The molecule has 1 aliphatic rings. The summed E-state index contributed by atoms with van der Waals surface area (Å²) in [7, 11) is 0. The van der Waals surface area contributed by atoms with Gasteiger partial charge in [0, 0.05) is 23.3 Å². The summed E-state index contributed by atoms with van der Waals surface area (Å²) in [6.45, 7) is 0.982. The molecular formula is C21H21F3N2O. The van der Waals surface area contributed by atoms with E-state index in [2.05, 4.69) is 0 Å². The van der Waals surface area contributed by atoms with Crippen LogP contribution in [0.2, 0.25) is 0 Å². The average molecular weight is 374 g/mol. The number of nitrogens with zero attached hydrogens (tertiary/aromatic N) is 1. The average Bonchev–Trinajstić information content (AvgIpc) is 2.94. The van der Waals surface area contributed by atoms with E-state index in [1.54, 1.807) is 6.07 Å². The molecule has 0 radical (unpaired) electrons. The fraction of sp³-hybridized carbons (Fsp3) is 0.333. The highest BCUT2D eigenvalue weighted by Gasteiger charge is 2.39. The van der Waals surface area contributed by atoms with Crippen molar-refractivity contribution in [1.82, 2.24) is 4.57 Å². The summed E-state index contributed by atoms with van der Waals surface area (Å²) in [5.74, 6) is 0.727. The molecule has 0 aliphatic carbocycles. The molecule has 0 unspecified atom stereocenters. The molecule has 3 nitrogen and oxygen atoms in total. The number of rotatable bonds is 5. The van der Waals surface area contributed by atoms with Gasteiger partial charge in [0.15, 0.2) is 0 Å². The van der Waals surface area contributed by atoms with Crippen LogP contribution in [0.15, 0.2) is 42.5 Å². The smallest absolute Gasteiger partial charge is 0.418 e. The Labute approximate surface area is 155 Å². The number of nitrogens with two attached hydrogens (primary N) is 1. The van der Waals surface area contributed by atoms with Crippen LogP contribution in [0.5, 0.6) is 5.75 Å². The molecule has 1 aliphatic heterocycles. The molecule has 142 valence electrons. The van der Waals surface area contributed by atoms with Gasteiger partial charge in [-0.05, 0) is 55.5 Å². The second kappa shape index (κ2) is 6.83. The van der Waals surface area contributed by atoms with Crippen LogP contribution < -0.4 is 10.5 Å². The maximum atomic E-state index is 13.9. The van der Waals surface area contributed by atoms with E-state index in [1.165, 1.54) is 6.07 Å². The van der Waals surface area contributed by atoms with E-state index in [9.17, 15) is 13.2 Å². The predicted octanol–water partition coefficient (Wildman–Crippen LogP) is 5.20. The SMILES string of the molecule is Nc1cc2c3c(c1)c(C(F)(F)F)c(CCCOc1ccccc1)n3CCC2. The second-order valence-corrected chi connectivity index (χ2v) is 6.92. The molecule has 0 saturated carbocycles. The molecule has 0 spiro atoms. The summed E-state index contributed by atoms with van der Waals surface area (Å²) in [6.07, 6.45) is -1.99. The molecule has 2 N–H and O–H groups in total. The minimum Gasteiger partial charge on any atom is -0.494 e. The molecular weight excluding hydrogens is 353 g/mol. The Morgan fingerprint density at radius 2 is 1.89 bits per heavy atom. The lowest BCUT2D eigenvalue weighted by molar-refractivity contribution is -0.137. The third-order valence-electron chi connectivity index (χ3n) is 5.05. The van der Waals surface area contributed by atoms with Crippen molar-refractivity contribution in [2.45, 2.75) is 38.4 Å². The summed E-state index contributed by atoms with van der Waals surface area (Å²) in [4.78, 5) is 0. The van der Waals surface area contributed by atoms with Crippen molar-refractivity contribution < 1.29 is 17.9 Å². The lowest BCUT2D eigenvalue weighted by atomic mass is 10.0. The standard InChI is InChI=1S/C21H21F3N2O/c22-21(23,24)19-17-13-15(25)12-14-6-4-10-26(20(14)17)18(19)9-5-11-27-16-7-2-1-3-8-16/h1-3,7-8,12-13H,4-6,9-11,25H2. The van der Waals surface area contributed by atoms with Crippen molar-refractivity contribution in [3.8, 4) is 5.75 Å². The predicted molar refractivity (Wildman–Crippen MR) is 99.9 cm³/mol. The number of hydrogen-bond donors (Lipinski definition) is 1. The van der Waals surface area contributed by atoms with Gasteiger partial charge in [-0.1, -0.05) is 18.2 Å². The first-order valence-corrected chi connectivity index (χ1v) is 9.13. The van der Waals surface area contributed by atoms with Gasteiger partial charge in [0.25, 0.3) is 0 Å². The van der Waals surface area contributed by atoms with E-state index >= 15 is 0 Å². The van der Waals surface area contributed by atoms with E-state index in [0.717, 1.165) is 24.2 Å². The molecule has 3 aromatic rings. The zero-order chi connectivity index (χ0) is 19.0. The van der Waals surface area contributed by atoms with Crippen LogP contribution in [0.3, 0.4) is 0 Å². The molecule has 1 aromatic heterocycles. The van der Waals surface area contributed by atoms with Crippen LogP contribution in [0.25, 0.3) is 10.9 Å². The van der Waals surface area contributed by atoms with Gasteiger partial charge in [-0.2, -0.15) is 13.2 Å². The van der Waals surface area contributed by atoms with Gasteiger partial charge in [0.2, 0.25) is 0 Å². The summed E-state index contributed by atoms with van der Waals surface area (Å²) < 4.78 is 49.2. The Morgan fingerprint density at radius 1 is 1.11 bits per heavy atom. The van der Waals surface area contributed by atoms with Crippen molar-refractivity contribution in [3.63, 3.8) is 0 Å². The maximum Gasteiger partial charge on any atom is 0.418 e. The lowest BCUT2D eigenvalue weighted by Crippen LogP contribution is -2.14. The number of benzene rings is 2. The van der Waals surface area contributed by atoms with E-state index in [4.69, 9.17) is 10.5 Å². The van der Waals surface area contributed by atoms with Crippen LogP contribution in [0.1, 0.15) is 29.7 Å². The number of hydrogen-bond acceptors (Lipinski definition) is 2. The van der Waals surface area contributed by atoms with Crippen LogP contribution in [0, 0.1) is 0 Å². The zero-order valence-electron chi connectivity index (χ0n) is 14.9. The van der Waals surface area contributed by atoms with Crippen LogP contribution in [-0.4, -0.2) is 11.2 Å². The quantitative estimate of drug-likeness (QED) is 0.493. The number of ether oxygens (including phenoxy) is 1. The van der Waals surface area contributed by atoms with Crippen molar-refractivity contribution in [1.29, 1.82) is 0 Å². The summed E-state index contributed by atoms with van der Waals surface area (Å²) in [6, 6.07) is 12.6. The van der Waals surface area contributed by atoms with Gasteiger partial charge in [0.05, 0.1) is 17.7 Å². The fourth-order valence-electron chi connectivity index (χ4n) is 4.04. The molecule has 27 heavy (non-hydrogen) atoms. The third kappa shape index (κ3) is 3.36. The summed E-state index contributed by atoms with van der Waals surface area (Å²) in [5.41, 5.74) is 7.70. The molecule has 0 saturated heterocycles. The minimum absolute atomic E-state index is 0.233. The van der Waals surface area contributed by atoms with Gasteiger partial charge in [-0.15, -0.1) is 0 Å². The van der Waals surface area contributed by atoms with Crippen molar-refractivity contribution in [3.05, 3.63) is 59.3 Å². The van der Waals surface area contributed by atoms with Crippen molar-refractivity contribution in [2.24, 2.45) is 0 Å². The molecule has 4 rings (SSSR count). The largest absolute Gasteiger partial charge is 0.494 e. The number of aromatic nitrogens is 1. The molecule has 2 aromatic carbocycles. The van der Waals surface area contributed by atoms with Crippen molar-refractivity contribution in [2.75, 3.05) is 12.3 Å². The highest BCUT2D eigenvalue weighted by molar-refractivity contribution is 5.92. The molecule has 0 bridgehead atoms. The Balaban J connectivity index is 1.66. The first-order valence-electron chi connectivity index (χ1n) is 9.13. The van der Waals surface area contributed by atoms with E-state index in [-0.39, 0.29) is 5.39 Å². The lowest BCUT2D eigenvalue weighted by Gasteiger charge is -2.19. The zero-order valence-corrected chi connectivity index (χ0v) is 14.9. The highest BCUT2D eigenvalue weighted by Crippen LogP contribution is 2.43. The molecule has 2 heterocycles. The molecule has 0 amide bonds. The van der Waals surface area contributed by atoms with Crippen LogP contribution >= 0.6 is 0 Å². The Morgan fingerprint density at radius 3 is 2.63 bits per heavy atom. The van der Waals surface area contributed by atoms with Gasteiger partial charge >= 0.3 is 6.18 Å². The maximum absolute atomic E-state index is 13.9. The minimum atomic E-state index is -4.41. The second-order valence-electron chi connectivity index (χ2n) is 6.92. The molecule has 0 fully saturated rings. The number of para-hydroxylation sites is 1. The van der Waals surface area contributed by atoms with Gasteiger partial charge in [-0.25, -0.2) is 0 Å². The monoisotopic (exact) mass is 374 g/mol. The fourth-order valence-corrected chi connectivity index (χ4v) is 4.04. The Kier molecular flexibility index (Phi) is 4.50. The van der Waals surface area contributed by atoms with E-state index in [0.29, 0.717) is 42.9 Å². The van der Waals surface area contributed by atoms with Gasteiger partial charge in [0.1, 0.15) is 5.75 Å². The van der Waals surface area contributed by atoms with E-state index < -0.39 is 11.7 Å². The Hall–Kier alpha value is -2.63. The summed E-state index contributed by atoms with van der Waals surface area (Å²) >= 11 is 0. The first kappa shape index (κ1) is 17.8. The Bertz CT molecular complexity index is 961. The van der Waals surface area contributed by atoms with E-state index in [1.807, 2.05) is 34.9 Å².